The molecule has 0 spiro atoms. The number of Topliss-reactive ketones (excluding diaryl/α,β-unsaturated/α-hetero) is 1. The first-order valence-corrected chi connectivity index (χ1v) is 15.4. The highest BCUT2D eigenvalue weighted by molar-refractivity contribution is 8.93. The quantitative estimate of drug-likeness (QED) is 0.187. The molecule has 1 amide bonds. The number of unbranched alkanes of at least 4 members (excludes halogenated alkanes) is 1. The summed E-state index contributed by atoms with van der Waals surface area (Å²) in [5.41, 5.74) is 3.21. The molecule has 1 saturated heterocycles. The molecule has 45 heavy (non-hydrogen) atoms. The van der Waals surface area contributed by atoms with Gasteiger partial charge < -0.3 is 29.7 Å². The van der Waals surface area contributed by atoms with E-state index in [1.807, 2.05) is 19.1 Å². The number of pyridine rings is 1. The summed E-state index contributed by atoms with van der Waals surface area (Å²) in [6.45, 7) is 12.1. The van der Waals surface area contributed by atoms with Gasteiger partial charge in [0.15, 0.2) is 17.2 Å². The maximum atomic E-state index is 13.9. The lowest BCUT2D eigenvalue weighted by molar-refractivity contribution is -0.137. The van der Waals surface area contributed by atoms with E-state index in [1.165, 1.54) is 7.05 Å². The molecule has 2 aromatic rings. The van der Waals surface area contributed by atoms with Crippen molar-refractivity contribution in [3.8, 4) is 11.5 Å². The minimum atomic E-state index is -0.818. The fourth-order valence-corrected chi connectivity index (χ4v) is 5.78. The van der Waals surface area contributed by atoms with Crippen LogP contribution in [0.5, 0.6) is 11.5 Å². The molecule has 0 saturated carbocycles. The lowest BCUT2D eigenvalue weighted by atomic mass is 9.84. The number of carbonyl (C=O) groups excluding carboxylic acids is 2. The summed E-state index contributed by atoms with van der Waals surface area (Å²) in [5.74, 6) is -0.168. The molecule has 1 aromatic heterocycles. The van der Waals surface area contributed by atoms with Crippen LogP contribution in [0.1, 0.15) is 104 Å². The number of carboxylic acid groups (broad SMARTS) is 1. The molecule has 11 nitrogen and oxygen atoms in total. The second-order valence-corrected chi connectivity index (χ2v) is 12.5. The normalized spacial score (nSPS) is 15.9. The number of halogens is 1. The molecule has 246 valence electrons. The maximum Gasteiger partial charge on any atom is 0.303 e. The molecular weight excluding hydrogens is 642 g/mol. The summed E-state index contributed by atoms with van der Waals surface area (Å²) in [7, 11) is 1.52. The second kappa shape index (κ2) is 15.1. The summed E-state index contributed by atoms with van der Waals surface area (Å²) in [6, 6.07) is 5.83. The van der Waals surface area contributed by atoms with E-state index in [9.17, 15) is 14.4 Å². The van der Waals surface area contributed by atoms with Crippen LogP contribution in [-0.4, -0.2) is 77.9 Å². The monoisotopic (exact) mass is 687 g/mol. The Bertz CT molecular complexity index is 1440. The molecule has 1 atom stereocenters. The first-order chi connectivity index (χ1) is 20.8. The Kier molecular flexibility index (Phi) is 12.0. The van der Waals surface area contributed by atoms with E-state index in [0.29, 0.717) is 49.6 Å². The molecule has 0 aliphatic carbocycles. The van der Waals surface area contributed by atoms with Gasteiger partial charge in [-0.3, -0.25) is 19.8 Å². The average molecular weight is 689 g/mol. The van der Waals surface area contributed by atoms with Gasteiger partial charge in [0.05, 0.1) is 25.4 Å². The number of aliphatic carboxylic acids is 1. The Morgan fingerprint density at radius 1 is 1.16 bits per heavy atom. The highest BCUT2D eigenvalue weighted by atomic mass is 79.9. The van der Waals surface area contributed by atoms with Crippen LogP contribution in [0, 0.1) is 5.41 Å². The zero-order valence-electron chi connectivity index (χ0n) is 27.1. The van der Waals surface area contributed by atoms with Gasteiger partial charge in [0.1, 0.15) is 17.3 Å². The van der Waals surface area contributed by atoms with Crippen molar-refractivity contribution in [3.63, 3.8) is 0 Å². The van der Waals surface area contributed by atoms with Crippen LogP contribution in [0.25, 0.3) is 0 Å². The summed E-state index contributed by atoms with van der Waals surface area (Å²) in [5, 5.41) is 20.4. The zero-order chi connectivity index (χ0) is 32.2. The lowest BCUT2D eigenvalue weighted by Crippen LogP contribution is -2.32. The smallest absolute Gasteiger partial charge is 0.303 e. The van der Waals surface area contributed by atoms with Gasteiger partial charge in [-0.05, 0) is 63.1 Å². The largest absolute Gasteiger partial charge is 0.491 e. The number of amidine groups is 1. The standard InChI is InChI=1S/C33H45N5O6.BrH/c1-7-43-26-17-22-18-37(31(34)28(22)36-29(26)32(42)35-6)19-25(39)21-15-23(33(3,4)5)30(44-14-9-8-12-27(40)41)24(16-21)38-13-10-11-20(38)2;/h15-17,20,34H,7-14,18-19H2,1-6H3,(H,35,42)(H,40,41);1H. The molecule has 1 unspecified atom stereocenters. The van der Waals surface area contributed by atoms with Crippen molar-refractivity contribution in [1.82, 2.24) is 15.2 Å². The number of nitrogens with one attached hydrogen (secondary N) is 2. The molecule has 2 aliphatic rings. The van der Waals surface area contributed by atoms with E-state index in [-0.39, 0.29) is 58.7 Å². The molecule has 3 heterocycles. The molecule has 0 bridgehead atoms. The van der Waals surface area contributed by atoms with Crippen molar-refractivity contribution < 1.29 is 29.0 Å². The number of carboxylic acids is 1. The first kappa shape index (κ1) is 35.8. The zero-order valence-corrected chi connectivity index (χ0v) is 28.8. The van der Waals surface area contributed by atoms with Crippen LogP contribution in [-0.2, 0) is 16.8 Å². The van der Waals surface area contributed by atoms with Crippen LogP contribution in [0.2, 0.25) is 0 Å². The Morgan fingerprint density at radius 3 is 2.49 bits per heavy atom. The fraction of sp³-hybridized carbons (Fsp3) is 0.545. The summed E-state index contributed by atoms with van der Waals surface area (Å²) in [6.07, 6.45) is 3.33. The lowest BCUT2D eigenvalue weighted by Gasteiger charge is -2.32. The topological polar surface area (TPSA) is 145 Å². The number of hydrogen-bond donors (Lipinski definition) is 3. The van der Waals surface area contributed by atoms with Crippen LogP contribution >= 0.6 is 17.0 Å². The minimum Gasteiger partial charge on any atom is -0.491 e. The van der Waals surface area contributed by atoms with Crippen LogP contribution in [0.15, 0.2) is 18.2 Å². The molecule has 2 aliphatic heterocycles. The van der Waals surface area contributed by atoms with Crippen LogP contribution in [0.4, 0.5) is 5.69 Å². The van der Waals surface area contributed by atoms with Gasteiger partial charge in [0, 0.05) is 49.3 Å². The summed E-state index contributed by atoms with van der Waals surface area (Å²) >= 11 is 0. The Hall–Kier alpha value is -3.67. The van der Waals surface area contributed by atoms with Crippen molar-refractivity contribution in [2.24, 2.45) is 0 Å². The van der Waals surface area contributed by atoms with Gasteiger partial charge >= 0.3 is 5.97 Å². The molecule has 4 rings (SSSR count). The number of benzene rings is 1. The number of rotatable bonds is 13. The number of fused-ring (bicyclic) bond motifs is 1. The van der Waals surface area contributed by atoms with Gasteiger partial charge in [-0.2, -0.15) is 0 Å². The summed E-state index contributed by atoms with van der Waals surface area (Å²) < 4.78 is 12.1. The number of hydrogen-bond acceptors (Lipinski definition) is 8. The number of ketones is 1. The summed E-state index contributed by atoms with van der Waals surface area (Å²) in [4.78, 5) is 45.8. The van der Waals surface area contributed by atoms with Crippen LogP contribution < -0.4 is 19.7 Å². The number of aromatic nitrogens is 1. The van der Waals surface area contributed by atoms with Crippen LogP contribution in [0.3, 0.4) is 0 Å². The van der Waals surface area contributed by atoms with Gasteiger partial charge in [0.2, 0.25) is 0 Å². The molecule has 0 radical (unpaired) electrons. The predicted octanol–water partition coefficient (Wildman–Crippen LogP) is 5.36. The SMILES string of the molecule is Br.CCOc1cc2c(nc1C(=O)NC)C(=N)N(CC(=O)c1cc(N3CCCC3C)c(OCCCCC(=O)O)c(C(C)(C)C)c1)C2. The third kappa shape index (κ3) is 8.14. The van der Waals surface area contributed by atoms with Gasteiger partial charge in [-0.25, -0.2) is 4.98 Å². The van der Waals surface area contributed by atoms with E-state index in [2.05, 4.69) is 42.9 Å². The average Bonchev–Trinajstić information content (AvgIpc) is 3.53. The van der Waals surface area contributed by atoms with Crippen molar-refractivity contribution in [2.45, 2.75) is 84.7 Å². The Labute approximate surface area is 275 Å². The molecule has 12 heteroatoms. The van der Waals surface area contributed by atoms with Crippen molar-refractivity contribution in [2.75, 3.05) is 38.3 Å². The second-order valence-electron chi connectivity index (χ2n) is 12.5. The first-order valence-electron chi connectivity index (χ1n) is 15.4. The maximum absolute atomic E-state index is 13.9. The van der Waals surface area contributed by atoms with Gasteiger partial charge in [-0.15, -0.1) is 17.0 Å². The number of amides is 1. The van der Waals surface area contributed by atoms with Crippen molar-refractivity contribution in [3.05, 3.63) is 46.3 Å². The number of anilines is 1. The third-order valence-electron chi connectivity index (χ3n) is 8.14. The molecule has 1 fully saturated rings. The van der Waals surface area contributed by atoms with E-state index >= 15 is 0 Å². The number of nitrogens with zero attached hydrogens (tertiary/aromatic N) is 3. The highest BCUT2D eigenvalue weighted by Crippen LogP contribution is 2.43. The Balaban J connectivity index is 0.00000552. The highest BCUT2D eigenvalue weighted by Gasteiger charge is 2.33. The van der Waals surface area contributed by atoms with E-state index < -0.39 is 11.9 Å². The molecular formula is C33H46BrN5O6. The Morgan fingerprint density at radius 2 is 1.89 bits per heavy atom. The molecule has 3 N–H and O–H groups in total. The number of ether oxygens (including phenoxy) is 2. The van der Waals surface area contributed by atoms with E-state index in [4.69, 9.17) is 20.0 Å². The van der Waals surface area contributed by atoms with Crippen molar-refractivity contribution >= 4 is 46.2 Å². The van der Waals surface area contributed by atoms with E-state index in [1.54, 1.807) is 11.0 Å². The third-order valence-corrected chi connectivity index (χ3v) is 8.14. The van der Waals surface area contributed by atoms with Gasteiger partial charge in [0.25, 0.3) is 5.91 Å². The number of carbonyl (C=O) groups is 3. The molecule has 1 aromatic carbocycles. The fourth-order valence-electron chi connectivity index (χ4n) is 5.78. The minimum absolute atomic E-state index is 0. The van der Waals surface area contributed by atoms with Crippen molar-refractivity contribution in [1.29, 1.82) is 5.41 Å². The van der Waals surface area contributed by atoms with Gasteiger partial charge in [-0.1, -0.05) is 20.8 Å². The predicted molar refractivity (Wildman–Crippen MR) is 179 cm³/mol. The van der Waals surface area contributed by atoms with E-state index in [0.717, 1.165) is 42.0 Å².